The number of rotatable bonds is 4. The van der Waals surface area contributed by atoms with Crippen LogP contribution in [0.5, 0.6) is 0 Å². The summed E-state index contributed by atoms with van der Waals surface area (Å²) in [6.07, 6.45) is 6.25. The molecule has 1 N–H and O–H groups in total. The summed E-state index contributed by atoms with van der Waals surface area (Å²) in [7, 11) is 0. The highest BCUT2D eigenvalue weighted by atomic mass is 35.5. The number of halogens is 2. The van der Waals surface area contributed by atoms with E-state index in [1.807, 2.05) is 25.3 Å². The molecule has 5 atom stereocenters. The van der Waals surface area contributed by atoms with Gasteiger partial charge < -0.3 is 5.32 Å². The van der Waals surface area contributed by atoms with E-state index < -0.39 is 0 Å². The number of amides is 1. The zero-order valence-electron chi connectivity index (χ0n) is 17.5. The van der Waals surface area contributed by atoms with Gasteiger partial charge in [-0.05, 0) is 103 Å². The van der Waals surface area contributed by atoms with Crippen LogP contribution in [0.15, 0.2) is 54.7 Å². The van der Waals surface area contributed by atoms with Gasteiger partial charge in [0.15, 0.2) is 0 Å². The van der Waals surface area contributed by atoms with E-state index in [9.17, 15) is 9.18 Å². The molecule has 2 aromatic carbocycles. The summed E-state index contributed by atoms with van der Waals surface area (Å²) in [5, 5.41) is 4.64. The van der Waals surface area contributed by atoms with Crippen LogP contribution in [0.3, 0.4) is 0 Å². The van der Waals surface area contributed by atoms with Crippen LogP contribution in [-0.4, -0.2) is 10.9 Å². The SMILES string of the molecule is CC(C(=O)Nc1ccc(Cl)cc1)C1CC2C[C@H](c3ccnc4ccc(F)cc34)C[C@@H]2C1. The lowest BCUT2D eigenvalue weighted by atomic mass is 9.86. The number of anilines is 1. The normalized spacial score (nSPS) is 26.0. The Hall–Kier alpha value is -2.46. The van der Waals surface area contributed by atoms with Crippen LogP contribution in [0, 0.1) is 29.5 Å². The monoisotopic (exact) mass is 436 g/mol. The first-order chi connectivity index (χ1) is 15.0. The third-order valence-electron chi connectivity index (χ3n) is 7.46. The van der Waals surface area contributed by atoms with E-state index in [0.29, 0.717) is 28.7 Å². The minimum atomic E-state index is -0.208. The molecule has 0 bridgehead atoms. The minimum absolute atomic E-state index is 0.0180. The highest BCUT2D eigenvalue weighted by Gasteiger charge is 2.44. The van der Waals surface area contributed by atoms with Crippen molar-refractivity contribution in [3.8, 4) is 0 Å². The summed E-state index contributed by atoms with van der Waals surface area (Å²) in [6.45, 7) is 2.05. The zero-order valence-corrected chi connectivity index (χ0v) is 18.3. The van der Waals surface area contributed by atoms with E-state index in [-0.39, 0.29) is 17.6 Å². The molecule has 2 aliphatic rings. The highest BCUT2D eigenvalue weighted by Crippen LogP contribution is 2.54. The van der Waals surface area contributed by atoms with Gasteiger partial charge in [0.2, 0.25) is 5.91 Å². The first-order valence-electron chi connectivity index (χ1n) is 11.1. The Labute approximate surface area is 187 Å². The molecule has 0 spiro atoms. The van der Waals surface area contributed by atoms with E-state index in [1.54, 1.807) is 24.3 Å². The molecule has 0 radical (unpaired) electrons. The van der Waals surface area contributed by atoms with Crippen LogP contribution in [0.25, 0.3) is 10.9 Å². The number of nitrogens with one attached hydrogen (secondary N) is 1. The molecule has 2 saturated carbocycles. The molecule has 3 aromatic rings. The van der Waals surface area contributed by atoms with E-state index in [0.717, 1.165) is 42.3 Å². The van der Waals surface area contributed by atoms with Crippen molar-refractivity contribution in [2.75, 3.05) is 5.32 Å². The van der Waals surface area contributed by atoms with Gasteiger partial charge in [0.1, 0.15) is 5.82 Å². The van der Waals surface area contributed by atoms with Crippen molar-refractivity contribution in [3.63, 3.8) is 0 Å². The Morgan fingerprint density at radius 1 is 1.06 bits per heavy atom. The lowest BCUT2D eigenvalue weighted by Gasteiger charge is -2.21. The van der Waals surface area contributed by atoms with Gasteiger partial charge in [0.25, 0.3) is 0 Å². The smallest absolute Gasteiger partial charge is 0.227 e. The molecule has 1 aromatic heterocycles. The Morgan fingerprint density at radius 2 is 1.77 bits per heavy atom. The fraction of sp³-hybridized carbons (Fsp3) is 0.385. The van der Waals surface area contributed by atoms with Gasteiger partial charge in [-0.15, -0.1) is 0 Å². The topological polar surface area (TPSA) is 42.0 Å². The maximum Gasteiger partial charge on any atom is 0.227 e. The first-order valence-corrected chi connectivity index (χ1v) is 11.5. The van der Waals surface area contributed by atoms with E-state index in [2.05, 4.69) is 16.4 Å². The maximum absolute atomic E-state index is 13.9. The van der Waals surface area contributed by atoms with Gasteiger partial charge in [-0.3, -0.25) is 9.78 Å². The number of pyridine rings is 1. The van der Waals surface area contributed by atoms with Crippen LogP contribution in [0.2, 0.25) is 5.02 Å². The van der Waals surface area contributed by atoms with Crippen LogP contribution >= 0.6 is 11.6 Å². The Kier molecular flexibility index (Phi) is 5.43. The van der Waals surface area contributed by atoms with Crippen LogP contribution in [0.4, 0.5) is 10.1 Å². The number of carbonyl (C=O) groups excluding carboxylic acids is 1. The molecule has 1 amide bonds. The standard InChI is InChI=1S/C26H26ClFN2O/c1-15(26(31)30-22-5-2-20(27)3-6-22)16-10-17-12-19(13-18(17)11-16)23-8-9-29-25-7-4-21(28)14-24(23)25/h2-9,14-19H,10-13H2,1H3,(H,30,31)/t15?,16?,17-,18?,19+/m0/s1. The van der Waals surface area contributed by atoms with E-state index in [1.165, 1.54) is 11.6 Å². The van der Waals surface area contributed by atoms with Crippen molar-refractivity contribution in [1.82, 2.24) is 4.98 Å². The van der Waals surface area contributed by atoms with Crippen molar-refractivity contribution in [3.05, 3.63) is 71.1 Å². The van der Waals surface area contributed by atoms with Gasteiger partial charge >= 0.3 is 0 Å². The van der Waals surface area contributed by atoms with Crippen LogP contribution < -0.4 is 5.32 Å². The first kappa shape index (κ1) is 20.4. The third kappa shape index (κ3) is 4.06. The summed E-state index contributed by atoms with van der Waals surface area (Å²) >= 11 is 5.93. The summed E-state index contributed by atoms with van der Waals surface area (Å²) in [5.41, 5.74) is 2.88. The summed E-state index contributed by atoms with van der Waals surface area (Å²) in [5.74, 6) is 1.99. The van der Waals surface area contributed by atoms with Crippen molar-refractivity contribution in [1.29, 1.82) is 0 Å². The Balaban J connectivity index is 1.24. The van der Waals surface area contributed by atoms with Crippen molar-refractivity contribution in [2.45, 2.75) is 38.5 Å². The molecule has 1 heterocycles. The van der Waals surface area contributed by atoms with Gasteiger partial charge in [0, 0.05) is 28.2 Å². The average Bonchev–Trinajstić information content (AvgIpc) is 3.33. The van der Waals surface area contributed by atoms with Crippen molar-refractivity contribution in [2.24, 2.45) is 23.7 Å². The molecule has 2 fully saturated rings. The summed E-state index contributed by atoms with van der Waals surface area (Å²) in [6, 6.07) is 14.2. The summed E-state index contributed by atoms with van der Waals surface area (Å²) < 4.78 is 13.9. The average molecular weight is 437 g/mol. The second-order valence-corrected chi connectivity index (χ2v) is 9.70. The van der Waals surface area contributed by atoms with Gasteiger partial charge in [-0.2, -0.15) is 0 Å². The second-order valence-electron chi connectivity index (χ2n) is 9.27. The number of aromatic nitrogens is 1. The molecule has 160 valence electrons. The molecule has 31 heavy (non-hydrogen) atoms. The Morgan fingerprint density at radius 3 is 2.48 bits per heavy atom. The predicted molar refractivity (Wildman–Crippen MR) is 123 cm³/mol. The molecule has 5 heteroatoms. The molecule has 0 saturated heterocycles. The lowest BCUT2D eigenvalue weighted by Crippen LogP contribution is -2.26. The fourth-order valence-corrected chi connectivity index (χ4v) is 5.95. The molecule has 3 nitrogen and oxygen atoms in total. The van der Waals surface area contributed by atoms with Crippen LogP contribution in [0.1, 0.15) is 44.1 Å². The molecular weight excluding hydrogens is 411 g/mol. The number of hydrogen-bond acceptors (Lipinski definition) is 2. The molecular formula is C26H26ClFN2O. The second kappa shape index (κ2) is 8.23. The predicted octanol–water partition coefficient (Wildman–Crippen LogP) is 6.82. The third-order valence-corrected chi connectivity index (χ3v) is 7.71. The number of fused-ring (bicyclic) bond motifs is 2. The lowest BCUT2D eigenvalue weighted by molar-refractivity contribution is -0.120. The fourth-order valence-electron chi connectivity index (χ4n) is 5.82. The summed E-state index contributed by atoms with van der Waals surface area (Å²) in [4.78, 5) is 17.2. The van der Waals surface area contributed by atoms with Crippen molar-refractivity contribution < 1.29 is 9.18 Å². The number of carbonyl (C=O) groups is 1. The highest BCUT2D eigenvalue weighted by molar-refractivity contribution is 6.30. The number of nitrogens with zero attached hydrogens (tertiary/aromatic N) is 1. The quantitative estimate of drug-likeness (QED) is 0.487. The largest absolute Gasteiger partial charge is 0.326 e. The van der Waals surface area contributed by atoms with E-state index in [4.69, 9.17) is 11.6 Å². The molecule has 0 aliphatic heterocycles. The minimum Gasteiger partial charge on any atom is -0.326 e. The van der Waals surface area contributed by atoms with Crippen LogP contribution in [-0.2, 0) is 4.79 Å². The Bertz CT molecular complexity index is 1100. The van der Waals surface area contributed by atoms with Gasteiger partial charge in [-0.25, -0.2) is 4.39 Å². The van der Waals surface area contributed by atoms with Gasteiger partial charge in [-0.1, -0.05) is 18.5 Å². The number of benzene rings is 2. The molecule has 3 unspecified atom stereocenters. The number of hydrogen-bond donors (Lipinski definition) is 1. The zero-order chi connectivity index (χ0) is 21.5. The maximum atomic E-state index is 13.9. The van der Waals surface area contributed by atoms with Gasteiger partial charge in [0.05, 0.1) is 5.52 Å². The molecule has 5 rings (SSSR count). The molecule has 2 aliphatic carbocycles. The van der Waals surface area contributed by atoms with Crippen molar-refractivity contribution >= 4 is 34.1 Å². The van der Waals surface area contributed by atoms with E-state index >= 15 is 0 Å².